The zero-order chi connectivity index (χ0) is 9.84. The number of rotatable bonds is 3. The number of hydrogen-bond donors (Lipinski definition) is 0. The molecule has 0 saturated carbocycles. The maximum atomic E-state index is 12.3. The minimum Gasteiger partial charge on any atom is -0.205 e. The van der Waals surface area contributed by atoms with Crippen molar-refractivity contribution < 1.29 is 8.78 Å². The maximum Gasteiger partial charge on any atom is 0.263 e. The van der Waals surface area contributed by atoms with Crippen LogP contribution in [0.1, 0.15) is 43.7 Å². The van der Waals surface area contributed by atoms with Crippen molar-refractivity contribution in [3.8, 4) is 0 Å². The molecule has 0 aliphatic rings. The van der Waals surface area contributed by atoms with E-state index in [1.165, 1.54) is 6.07 Å². The third kappa shape index (κ3) is 2.51. The molecule has 0 spiro atoms. The van der Waals surface area contributed by atoms with E-state index in [-0.39, 0.29) is 5.56 Å². The lowest BCUT2D eigenvalue weighted by Crippen LogP contribution is -1.93. The van der Waals surface area contributed by atoms with Crippen LogP contribution in [0.15, 0.2) is 24.3 Å². The molecule has 0 nitrogen and oxygen atoms in total. The van der Waals surface area contributed by atoms with Gasteiger partial charge in [0.05, 0.1) is 0 Å². The molecule has 0 radical (unpaired) electrons. The van der Waals surface area contributed by atoms with Crippen LogP contribution in [0.4, 0.5) is 8.78 Å². The summed E-state index contributed by atoms with van der Waals surface area (Å²) in [6.45, 7) is 4.10. The summed E-state index contributed by atoms with van der Waals surface area (Å²) < 4.78 is 24.6. The average molecular weight is 184 g/mol. The van der Waals surface area contributed by atoms with Gasteiger partial charge in [-0.2, -0.15) is 0 Å². The number of alkyl halides is 2. The fourth-order valence-electron chi connectivity index (χ4n) is 1.24. The van der Waals surface area contributed by atoms with Crippen LogP contribution in [0.3, 0.4) is 0 Å². The molecule has 0 fully saturated rings. The van der Waals surface area contributed by atoms with Gasteiger partial charge in [0, 0.05) is 5.56 Å². The zero-order valence-electron chi connectivity index (χ0n) is 7.93. The summed E-state index contributed by atoms with van der Waals surface area (Å²) in [6, 6.07) is 6.67. The third-order valence-corrected chi connectivity index (χ3v) is 2.34. The Labute approximate surface area is 77.6 Å². The molecule has 1 unspecified atom stereocenters. The lowest BCUT2D eigenvalue weighted by atomic mass is 9.97. The summed E-state index contributed by atoms with van der Waals surface area (Å²) in [6.07, 6.45) is -1.38. The maximum absolute atomic E-state index is 12.3. The van der Waals surface area contributed by atoms with Crippen LogP contribution in [0.25, 0.3) is 0 Å². The Hall–Kier alpha value is -0.920. The zero-order valence-corrected chi connectivity index (χ0v) is 7.93. The molecule has 2 heteroatoms. The van der Waals surface area contributed by atoms with Crippen LogP contribution in [0.2, 0.25) is 0 Å². The molecule has 72 valence electrons. The molecule has 0 saturated heterocycles. The van der Waals surface area contributed by atoms with E-state index in [9.17, 15) is 8.78 Å². The van der Waals surface area contributed by atoms with Crippen LogP contribution in [-0.2, 0) is 0 Å². The highest BCUT2D eigenvalue weighted by Crippen LogP contribution is 2.24. The van der Waals surface area contributed by atoms with Gasteiger partial charge in [0.25, 0.3) is 6.43 Å². The van der Waals surface area contributed by atoms with Gasteiger partial charge in [-0.1, -0.05) is 32.0 Å². The third-order valence-electron chi connectivity index (χ3n) is 2.34. The van der Waals surface area contributed by atoms with Gasteiger partial charge in [0.15, 0.2) is 0 Å². The minimum absolute atomic E-state index is 0.123. The molecule has 0 aliphatic heterocycles. The largest absolute Gasteiger partial charge is 0.263 e. The molecule has 0 aliphatic carbocycles. The molecule has 0 bridgehead atoms. The fraction of sp³-hybridized carbons (Fsp3) is 0.455. The summed E-state index contributed by atoms with van der Waals surface area (Å²) in [5.74, 6) is 0.360. The Balaban J connectivity index is 2.91. The number of halogens is 2. The Kier molecular flexibility index (Phi) is 3.40. The van der Waals surface area contributed by atoms with Gasteiger partial charge in [-0.25, -0.2) is 8.78 Å². The Morgan fingerprint density at radius 1 is 1.23 bits per heavy atom. The van der Waals surface area contributed by atoms with Crippen molar-refractivity contribution >= 4 is 0 Å². The van der Waals surface area contributed by atoms with Crippen molar-refractivity contribution in [2.24, 2.45) is 0 Å². The number of hydrogen-bond acceptors (Lipinski definition) is 0. The van der Waals surface area contributed by atoms with Crippen molar-refractivity contribution in [1.82, 2.24) is 0 Å². The summed E-state index contributed by atoms with van der Waals surface area (Å²) in [5, 5.41) is 0. The second-order valence-corrected chi connectivity index (χ2v) is 3.28. The van der Waals surface area contributed by atoms with Crippen molar-refractivity contribution in [3.63, 3.8) is 0 Å². The standard InChI is InChI=1S/C11H14F2/c1-3-8(2)9-5-4-6-10(7-9)11(12)13/h4-8,11H,3H2,1-2H3. The van der Waals surface area contributed by atoms with Crippen molar-refractivity contribution in [2.45, 2.75) is 32.6 Å². The predicted molar refractivity (Wildman–Crippen MR) is 50.1 cm³/mol. The predicted octanol–water partition coefficient (Wildman–Crippen LogP) is 4.14. The Morgan fingerprint density at radius 3 is 2.38 bits per heavy atom. The van der Waals surface area contributed by atoms with Crippen molar-refractivity contribution in [3.05, 3.63) is 35.4 Å². The monoisotopic (exact) mass is 184 g/mol. The van der Waals surface area contributed by atoms with E-state index in [4.69, 9.17) is 0 Å². The molecule has 0 heterocycles. The smallest absolute Gasteiger partial charge is 0.205 e. The molecule has 1 aromatic carbocycles. The first-order chi connectivity index (χ1) is 6.15. The molecular weight excluding hydrogens is 170 g/mol. The van der Waals surface area contributed by atoms with Crippen molar-refractivity contribution in [2.75, 3.05) is 0 Å². The first kappa shape index (κ1) is 10.2. The van der Waals surface area contributed by atoms with Crippen LogP contribution < -0.4 is 0 Å². The van der Waals surface area contributed by atoms with E-state index < -0.39 is 6.43 Å². The van der Waals surface area contributed by atoms with Gasteiger partial charge >= 0.3 is 0 Å². The summed E-state index contributed by atoms with van der Waals surface area (Å²) in [7, 11) is 0. The van der Waals surface area contributed by atoms with Crippen LogP contribution in [0, 0.1) is 0 Å². The van der Waals surface area contributed by atoms with Crippen LogP contribution in [-0.4, -0.2) is 0 Å². The summed E-state index contributed by atoms with van der Waals surface area (Å²) >= 11 is 0. The first-order valence-electron chi connectivity index (χ1n) is 4.53. The van der Waals surface area contributed by atoms with E-state index in [0.29, 0.717) is 5.92 Å². The highest BCUT2D eigenvalue weighted by Gasteiger charge is 2.09. The normalized spacial score (nSPS) is 13.3. The second-order valence-electron chi connectivity index (χ2n) is 3.28. The van der Waals surface area contributed by atoms with Crippen LogP contribution in [0.5, 0.6) is 0 Å². The van der Waals surface area contributed by atoms with E-state index in [2.05, 4.69) is 6.92 Å². The SMILES string of the molecule is CCC(C)c1cccc(C(F)F)c1. The average Bonchev–Trinajstić information content (AvgIpc) is 2.17. The van der Waals surface area contributed by atoms with Gasteiger partial charge in [-0.15, -0.1) is 0 Å². The van der Waals surface area contributed by atoms with Gasteiger partial charge in [0.2, 0.25) is 0 Å². The van der Waals surface area contributed by atoms with E-state index >= 15 is 0 Å². The topological polar surface area (TPSA) is 0 Å². The van der Waals surface area contributed by atoms with E-state index in [1.807, 2.05) is 13.0 Å². The summed E-state index contributed by atoms with van der Waals surface area (Å²) in [4.78, 5) is 0. The summed E-state index contributed by atoms with van der Waals surface area (Å²) in [5.41, 5.74) is 1.12. The molecule has 0 N–H and O–H groups in total. The molecule has 1 aromatic rings. The molecule has 1 atom stereocenters. The van der Waals surface area contributed by atoms with Gasteiger partial charge in [0.1, 0.15) is 0 Å². The van der Waals surface area contributed by atoms with Crippen molar-refractivity contribution in [1.29, 1.82) is 0 Å². The fourth-order valence-corrected chi connectivity index (χ4v) is 1.24. The molecule has 1 rings (SSSR count). The second kappa shape index (κ2) is 4.35. The lowest BCUT2D eigenvalue weighted by molar-refractivity contribution is 0.151. The highest BCUT2D eigenvalue weighted by molar-refractivity contribution is 5.26. The first-order valence-corrected chi connectivity index (χ1v) is 4.53. The highest BCUT2D eigenvalue weighted by atomic mass is 19.3. The van der Waals surface area contributed by atoms with Gasteiger partial charge < -0.3 is 0 Å². The van der Waals surface area contributed by atoms with Gasteiger partial charge in [-0.05, 0) is 24.0 Å². The van der Waals surface area contributed by atoms with Crippen LogP contribution >= 0.6 is 0 Å². The van der Waals surface area contributed by atoms with E-state index in [0.717, 1.165) is 12.0 Å². The van der Waals surface area contributed by atoms with Gasteiger partial charge in [-0.3, -0.25) is 0 Å². The number of benzene rings is 1. The Morgan fingerprint density at radius 2 is 1.85 bits per heavy atom. The molecule has 0 aromatic heterocycles. The molecular formula is C11H14F2. The molecule has 13 heavy (non-hydrogen) atoms. The quantitative estimate of drug-likeness (QED) is 0.662. The Bertz CT molecular complexity index is 269. The lowest BCUT2D eigenvalue weighted by Gasteiger charge is -2.10. The molecule has 0 amide bonds. The van der Waals surface area contributed by atoms with E-state index in [1.54, 1.807) is 12.1 Å². The minimum atomic E-state index is -2.36.